The highest BCUT2D eigenvalue weighted by atomic mass is 35.5. The number of ether oxygens (including phenoxy) is 3. The number of piperazine rings is 1. The lowest BCUT2D eigenvalue weighted by atomic mass is 9.96. The Morgan fingerprint density at radius 2 is 1.64 bits per heavy atom. The van der Waals surface area contributed by atoms with Crippen molar-refractivity contribution in [3.05, 3.63) is 130 Å². The Labute approximate surface area is 485 Å². The number of hydrogen-bond donors (Lipinski definition) is 4. The van der Waals surface area contributed by atoms with Gasteiger partial charge in [-0.25, -0.2) is 17.9 Å². The third-order valence-corrected chi connectivity index (χ3v) is 17.5. The van der Waals surface area contributed by atoms with Crippen molar-refractivity contribution >= 4 is 66.6 Å². The van der Waals surface area contributed by atoms with Gasteiger partial charge < -0.3 is 45.5 Å². The molecule has 12 rings (SSSR count). The van der Waals surface area contributed by atoms with Crippen LogP contribution in [0.3, 0.4) is 0 Å². The molecule has 83 heavy (non-hydrogen) atoms. The molecule has 0 spiro atoms. The fourth-order valence-corrected chi connectivity index (χ4v) is 13.3. The zero-order valence-corrected chi connectivity index (χ0v) is 47.2. The number of aliphatic hydroxyl groups is 1. The molecule has 4 saturated heterocycles. The summed E-state index contributed by atoms with van der Waals surface area (Å²) in [5.41, 5.74) is 10.5. The minimum atomic E-state index is -0.989. The largest absolute Gasteiger partial charge is 0.486 e. The fourth-order valence-electron chi connectivity index (χ4n) is 12.0. The van der Waals surface area contributed by atoms with Crippen LogP contribution >= 0.6 is 22.9 Å². The molecular weight excluding hydrogens is 1110 g/mol. The highest BCUT2D eigenvalue weighted by Crippen LogP contribution is 2.50. The molecule has 5 aromatic carbocycles. The number of benzene rings is 5. The number of nitrogens with one attached hydrogen (secondary N) is 2. The molecular formula is C61H59ClF3N11O6S. The van der Waals surface area contributed by atoms with Gasteiger partial charge in [-0.3, -0.25) is 9.59 Å². The molecule has 7 heterocycles. The Bertz CT molecular complexity index is 3800. The predicted molar refractivity (Wildman–Crippen MR) is 309 cm³/mol. The van der Waals surface area contributed by atoms with Gasteiger partial charge in [0.05, 0.1) is 52.4 Å². The van der Waals surface area contributed by atoms with E-state index in [2.05, 4.69) is 31.9 Å². The van der Waals surface area contributed by atoms with E-state index in [1.807, 2.05) is 44.2 Å². The summed E-state index contributed by atoms with van der Waals surface area (Å²) in [5, 5.41) is 38.2. The molecule has 4 fully saturated rings. The predicted octanol–water partition coefficient (Wildman–Crippen LogP) is 10.1. The van der Waals surface area contributed by atoms with Gasteiger partial charge in [-0.15, -0.1) is 16.4 Å². The Balaban J connectivity index is 0.816. The highest BCUT2D eigenvalue weighted by molar-refractivity contribution is 7.23. The SMILES string of the molecule is CC(C)[C@@H](C(=O)N1C[C@H](O)C[C@H]1C(=O)N[C@@H](C)c1ccc(-c2c(F)cccc2F)cc1)n1cc(-c2ccc(COc3c(-c4ccc(F)c5sc(N)c(C#N)c45)c(Cl)cc4c(N5CC6CCC(C5)N6)nc(OC5CCOCC5)nc34)cc2)nn1. The van der Waals surface area contributed by atoms with Gasteiger partial charge in [-0.05, 0) is 72.2 Å². The first-order valence-corrected chi connectivity index (χ1v) is 29.0. The number of carbonyl (C=O) groups excluding carboxylic acids is 2. The molecule has 428 valence electrons. The average Bonchev–Trinajstić information content (AvgIpc) is 3.90. The van der Waals surface area contributed by atoms with Crippen molar-refractivity contribution in [1.82, 2.24) is 40.5 Å². The number of β-amino-alcohol motifs (C(OH)–C–C–N with tert-alkyl or cyclic N) is 1. The molecule has 6 atom stereocenters. The van der Waals surface area contributed by atoms with Crippen molar-refractivity contribution in [2.24, 2.45) is 5.92 Å². The van der Waals surface area contributed by atoms with Crippen LogP contribution in [0.2, 0.25) is 5.02 Å². The zero-order valence-electron chi connectivity index (χ0n) is 45.6. The van der Waals surface area contributed by atoms with Crippen LogP contribution in [0.25, 0.3) is 54.5 Å². The lowest BCUT2D eigenvalue weighted by Crippen LogP contribution is -2.51. The van der Waals surface area contributed by atoms with Crippen LogP contribution in [-0.2, 0) is 20.9 Å². The molecule has 4 aliphatic rings. The van der Waals surface area contributed by atoms with Crippen LogP contribution in [0, 0.1) is 34.7 Å². The summed E-state index contributed by atoms with van der Waals surface area (Å²) in [6, 6.07) is 22.9. The number of carbonyl (C=O) groups is 2. The summed E-state index contributed by atoms with van der Waals surface area (Å²) >= 11 is 8.41. The maximum Gasteiger partial charge on any atom is 0.319 e. The number of nitrogen functional groups attached to an aromatic ring is 1. The number of amides is 2. The third kappa shape index (κ3) is 10.9. The summed E-state index contributed by atoms with van der Waals surface area (Å²) in [4.78, 5) is 42.3. The number of anilines is 2. The molecule has 22 heteroatoms. The molecule has 2 bridgehead atoms. The number of fused-ring (bicyclic) bond motifs is 4. The molecule has 2 unspecified atom stereocenters. The monoisotopic (exact) mass is 1170 g/mol. The summed E-state index contributed by atoms with van der Waals surface area (Å²) < 4.78 is 65.5. The van der Waals surface area contributed by atoms with Gasteiger partial charge in [0, 0.05) is 72.9 Å². The molecule has 0 aliphatic carbocycles. The molecule has 0 saturated carbocycles. The van der Waals surface area contributed by atoms with Gasteiger partial charge in [0.15, 0.2) is 5.75 Å². The van der Waals surface area contributed by atoms with Gasteiger partial charge in [0.2, 0.25) is 11.8 Å². The van der Waals surface area contributed by atoms with E-state index in [4.69, 9.17) is 41.5 Å². The first-order chi connectivity index (χ1) is 40.1. The maximum absolute atomic E-state index is 15.6. The van der Waals surface area contributed by atoms with Crippen LogP contribution in [0.4, 0.5) is 24.0 Å². The lowest BCUT2D eigenvalue weighted by molar-refractivity contribution is -0.142. The Kier molecular flexibility index (Phi) is 15.5. The topological polar surface area (TPSA) is 219 Å². The zero-order chi connectivity index (χ0) is 57.8. The number of aromatic nitrogens is 5. The second-order valence-electron chi connectivity index (χ2n) is 22.1. The fraction of sp³-hybridized carbons (Fsp3) is 0.361. The smallest absolute Gasteiger partial charge is 0.319 e. The maximum atomic E-state index is 15.6. The van der Waals surface area contributed by atoms with E-state index >= 15 is 4.39 Å². The van der Waals surface area contributed by atoms with E-state index in [-0.39, 0.29) is 81.3 Å². The number of nitrogens with two attached hydrogens (primary N) is 1. The normalized spacial score (nSPS) is 19.8. The number of rotatable bonds is 15. The van der Waals surface area contributed by atoms with E-state index in [0.29, 0.717) is 94.8 Å². The van der Waals surface area contributed by atoms with Crippen molar-refractivity contribution in [2.75, 3.05) is 43.5 Å². The van der Waals surface area contributed by atoms with Crippen LogP contribution in [0.5, 0.6) is 11.8 Å². The molecule has 8 aromatic rings. The Morgan fingerprint density at radius 3 is 2.34 bits per heavy atom. The van der Waals surface area contributed by atoms with E-state index in [1.54, 1.807) is 43.5 Å². The molecule has 17 nitrogen and oxygen atoms in total. The van der Waals surface area contributed by atoms with Gasteiger partial charge in [0.1, 0.15) is 70.3 Å². The molecule has 0 radical (unpaired) electrons. The van der Waals surface area contributed by atoms with Crippen molar-refractivity contribution in [1.29, 1.82) is 5.26 Å². The summed E-state index contributed by atoms with van der Waals surface area (Å²) in [5.74, 6) is -2.18. The van der Waals surface area contributed by atoms with Crippen LogP contribution in [-0.4, -0.2) is 110 Å². The Morgan fingerprint density at radius 1 is 0.928 bits per heavy atom. The standard InChI is InChI=1S/C61H59ClF3N11O6S/c1-31(2)54(60(79)75-28-39(77)23-49(75)59(78)68-32(3)34-11-13-36(14-12-34)50-45(63)5-4-6-46(50)64)76-29-48(72-73-76)35-9-7-33(8-10-35)30-81-55-52(41-17-18-47(65)56-51(41)43(25-66)57(67)83-56)44(62)24-42-53(55)70-61(82-40-19-21-80-22-20-40)71-58(42)74-26-37-15-16-38(27-74)69-37/h4-14,17-18,24,29,31-32,37-40,49,54,69,77H,15-16,19-23,26-28,30,67H2,1-3H3,(H,68,78)/t32-,37?,38?,39+,49-,54-/m0/s1. The minimum Gasteiger partial charge on any atom is -0.486 e. The molecule has 5 N–H and O–H groups in total. The number of hydrogen-bond acceptors (Lipinski definition) is 15. The number of halogens is 4. The van der Waals surface area contributed by atoms with Gasteiger partial charge in [-0.1, -0.05) is 91.3 Å². The van der Waals surface area contributed by atoms with Crippen LogP contribution < -0.4 is 30.7 Å². The van der Waals surface area contributed by atoms with Gasteiger partial charge >= 0.3 is 6.01 Å². The summed E-state index contributed by atoms with van der Waals surface area (Å²) in [6.45, 7) is 7.93. The van der Waals surface area contributed by atoms with E-state index in [0.717, 1.165) is 29.7 Å². The highest BCUT2D eigenvalue weighted by Gasteiger charge is 2.43. The minimum absolute atomic E-state index is 0.00598. The Hall–Kier alpha value is -7.87. The lowest BCUT2D eigenvalue weighted by Gasteiger charge is -2.34. The first kappa shape index (κ1) is 55.7. The average molecular weight is 1170 g/mol. The van der Waals surface area contributed by atoms with Crippen molar-refractivity contribution < 1.29 is 42.1 Å². The van der Waals surface area contributed by atoms with E-state index in [1.165, 1.54) is 33.8 Å². The quantitative estimate of drug-likeness (QED) is 0.0751. The second kappa shape index (κ2) is 23.1. The van der Waals surface area contributed by atoms with E-state index < -0.39 is 53.5 Å². The first-order valence-electron chi connectivity index (χ1n) is 27.8. The third-order valence-electron chi connectivity index (χ3n) is 16.2. The van der Waals surface area contributed by atoms with Crippen LogP contribution in [0.15, 0.2) is 91.1 Å². The number of aliphatic hydroxyl groups excluding tert-OH is 1. The van der Waals surface area contributed by atoms with Gasteiger partial charge in [-0.2, -0.15) is 15.2 Å². The number of nitriles is 1. The molecule has 2 amide bonds. The molecule has 4 aliphatic heterocycles. The second-order valence-corrected chi connectivity index (χ2v) is 23.6. The number of likely N-dealkylation sites (tertiary alicyclic amines) is 1. The summed E-state index contributed by atoms with van der Waals surface area (Å²) in [6.07, 6.45) is 3.96. The molecule has 3 aromatic heterocycles. The van der Waals surface area contributed by atoms with Crippen molar-refractivity contribution in [3.63, 3.8) is 0 Å². The van der Waals surface area contributed by atoms with Crippen molar-refractivity contribution in [3.8, 4) is 51.3 Å². The number of thiophene rings is 1. The number of nitrogens with zero attached hydrogens (tertiary/aromatic N) is 8. The van der Waals surface area contributed by atoms with Gasteiger partial charge in [0.25, 0.3) is 0 Å². The van der Waals surface area contributed by atoms with Crippen LogP contribution in [0.1, 0.15) is 81.6 Å². The van der Waals surface area contributed by atoms with Crippen molar-refractivity contribution in [2.45, 2.75) is 102 Å². The van der Waals surface area contributed by atoms with E-state index in [9.17, 15) is 28.7 Å². The summed E-state index contributed by atoms with van der Waals surface area (Å²) in [7, 11) is 0.